The van der Waals surface area contributed by atoms with Crippen molar-refractivity contribution < 1.29 is 14.7 Å². The number of oxime groups is 1. The van der Waals surface area contributed by atoms with Gasteiger partial charge in [0.1, 0.15) is 6.10 Å². The standard InChI is InChI=1S/C21H31NO3/c1-13(23)25-15-8-10-20(2)14(12-15)4-5-16-17-6-7-19(22-24)21(17,3)11-9-18(16)20/h4,15-18,24H,5-12H2,1-3H3/t15-,16+,17-,18-,20+,21-/m1/s1. The van der Waals surface area contributed by atoms with Crippen molar-refractivity contribution >= 4 is 11.7 Å². The molecule has 0 aliphatic heterocycles. The van der Waals surface area contributed by atoms with Crippen LogP contribution in [-0.2, 0) is 9.53 Å². The SMILES string of the molecule is CC(=O)O[C@@H]1CC[C@@]2(C)C(=CC[C@@H]3[C@H]2CC[C@@]2(C)C(=NO)CC[C@H]32)C1. The van der Waals surface area contributed by atoms with Crippen LogP contribution >= 0.6 is 0 Å². The number of ether oxygens (including phenoxy) is 1. The zero-order chi connectivity index (χ0) is 17.8. The largest absolute Gasteiger partial charge is 0.462 e. The molecule has 6 atom stereocenters. The van der Waals surface area contributed by atoms with Crippen LogP contribution in [0.15, 0.2) is 16.8 Å². The molecule has 0 bridgehead atoms. The van der Waals surface area contributed by atoms with Crippen LogP contribution in [0.4, 0.5) is 0 Å². The molecular formula is C21H31NO3. The molecule has 0 heterocycles. The summed E-state index contributed by atoms with van der Waals surface area (Å²) in [6.45, 7) is 6.30. The molecule has 25 heavy (non-hydrogen) atoms. The van der Waals surface area contributed by atoms with Crippen molar-refractivity contribution in [3.05, 3.63) is 11.6 Å². The van der Waals surface area contributed by atoms with E-state index in [1.165, 1.54) is 25.3 Å². The quantitative estimate of drug-likeness (QED) is 0.324. The molecule has 3 fully saturated rings. The van der Waals surface area contributed by atoms with Gasteiger partial charge in [0.15, 0.2) is 0 Å². The predicted octanol–water partition coefficient (Wildman–Crippen LogP) is 4.71. The molecule has 0 radical (unpaired) electrons. The second kappa shape index (κ2) is 5.85. The number of fused-ring (bicyclic) bond motifs is 5. The Balaban J connectivity index is 1.60. The van der Waals surface area contributed by atoms with Crippen LogP contribution in [0.2, 0.25) is 0 Å². The maximum atomic E-state index is 11.3. The average molecular weight is 345 g/mol. The highest BCUT2D eigenvalue weighted by Crippen LogP contribution is 2.64. The number of hydrogen-bond donors (Lipinski definition) is 1. The van der Waals surface area contributed by atoms with Gasteiger partial charge < -0.3 is 9.94 Å². The molecule has 0 aromatic rings. The zero-order valence-corrected chi connectivity index (χ0v) is 15.8. The van der Waals surface area contributed by atoms with Crippen LogP contribution in [-0.4, -0.2) is 23.0 Å². The van der Waals surface area contributed by atoms with Gasteiger partial charge in [0.2, 0.25) is 0 Å². The lowest BCUT2D eigenvalue weighted by Gasteiger charge is -2.57. The van der Waals surface area contributed by atoms with Gasteiger partial charge in [-0.2, -0.15) is 0 Å². The summed E-state index contributed by atoms with van der Waals surface area (Å²) in [6.07, 6.45) is 11.2. The summed E-state index contributed by atoms with van der Waals surface area (Å²) in [7, 11) is 0. The highest BCUT2D eigenvalue weighted by Gasteiger charge is 2.58. The summed E-state index contributed by atoms with van der Waals surface area (Å²) in [5.41, 5.74) is 2.94. The summed E-state index contributed by atoms with van der Waals surface area (Å²) >= 11 is 0. The molecule has 0 aromatic heterocycles. The number of carbonyl (C=O) groups is 1. The molecule has 0 amide bonds. The van der Waals surface area contributed by atoms with Crippen LogP contribution in [0, 0.1) is 28.6 Å². The van der Waals surface area contributed by atoms with Crippen molar-refractivity contribution in [1.29, 1.82) is 0 Å². The lowest BCUT2D eigenvalue weighted by molar-refractivity contribution is -0.148. The van der Waals surface area contributed by atoms with Crippen molar-refractivity contribution in [1.82, 2.24) is 0 Å². The van der Waals surface area contributed by atoms with Crippen LogP contribution in [0.5, 0.6) is 0 Å². The Labute approximate surface area is 150 Å². The van der Waals surface area contributed by atoms with Gasteiger partial charge in [0.05, 0.1) is 5.71 Å². The van der Waals surface area contributed by atoms with Gasteiger partial charge in [-0.15, -0.1) is 0 Å². The third kappa shape index (κ3) is 2.47. The zero-order valence-electron chi connectivity index (χ0n) is 15.8. The van der Waals surface area contributed by atoms with E-state index in [0.717, 1.165) is 50.2 Å². The Bertz CT molecular complexity index is 639. The molecule has 0 aromatic carbocycles. The van der Waals surface area contributed by atoms with E-state index in [9.17, 15) is 10.0 Å². The van der Waals surface area contributed by atoms with Crippen LogP contribution in [0.1, 0.15) is 72.1 Å². The third-order valence-corrected chi connectivity index (χ3v) is 8.25. The van der Waals surface area contributed by atoms with E-state index in [1.54, 1.807) is 0 Å². The second-order valence-corrected chi connectivity index (χ2v) is 9.28. The van der Waals surface area contributed by atoms with Gasteiger partial charge in [-0.05, 0) is 68.1 Å². The molecule has 138 valence electrons. The van der Waals surface area contributed by atoms with Crippen molar-refractivity contribution in [2.24, 2.45) is 33.7 Å². The lowest BCUT2D eigenvalue weighted by atomic mass is 9.48. The number of rotatable bonds is 1. The van der Waals surface area contributed by atoms with E-state index in [2.05, 4.69) is 25.1 Å². The van der Waals surface area contributed by atoms with Crippen molar-refractivity contribution in [2.75, 3.05) is 0 Å². The van der Waals surface area contributed by atoms with Crippen LogP contribution in [0.3, 0.4) is 0 Å². The van der Waals surface area contributed by atoms with Crippen molar-refractivity contribution in [3.8, 4) is 0 Å². The molecule has 4 aliphatic rings. The fraction of sp³-hybridized carbons (Fsp3) is 0.810. The predicted molar refractivity (Wildman–Crippen MR) is 96.5 cm³/mol. The molecule has 4 nitrogen and oxygen atoms in total. The minimum Gasteiger partial charge on any atom is -0.462 e. The highest BCUT2D eigenvalue weighted by atomic mass is 16.5. The normalized spacial score (nSPS) is 47.5. The molecule has 0 saturated heterocycles. The van der Waals surface area contributed by atoms with Crippen molar-refractivity contribution in [3.63, 3.8) is 0 Å². The van der Waals surface area contributed by atoms with Crippen molar-refractivity contribution in [2.45, 2.75) is 78.2 Å². The molecular weight excluding hydrogens is 314 g/mol. The summed E-state index contributed by atoms with van der Waals surface area (Å²) in [5.74, 6) is 1.93. The maximum Gasteiger partial charge on any atom is 0.302 e. The first kappa shape index (κ1) is 17.1. The molecule has 1 N–H and O–H groups in total. The van der Waals surface area contributed by atoms with Gasteiger partial charge in [-0.1, -0.05) is 30.7 Å². The number of esters is 1. The van der Waals surface area contributed by atoms with E-state index in [1.807, 2.05) is 0 Å². The van der Waals surface area contributed by atoms with E-state index in [-0.39, 0.29) is 22.9 Å². The van der Waals surface area contributed by atoms with E-state index < -0.39 is 0 Å². The molecule has 0 spiro atoms. The third-order valence-electron chi connectivity index (χ3n) is 8.25. The molecule has 4 rings (SSSR count). The minimum atomic E-state index is -0.155. The van der Waals surface area contributed by atoms with E-state index in [0.29, 0.717) is 11.8 Å². The van der Waals surface area contributed by atoms with E-state index in [4.69, 9.17) is 4.74 Å². The Kier molecular flexibility index (Phi) is 4.01. The Morgan fingerprint density at radius 1 is 1.20 bits per heavy atom. The molecule has 0 unspecified atom stereocenters. The van der Waals surface area contributed by atoms with Gasteiger partial charge >= 0.3 is 5.97 Å². The summed E-state index contributed by atoms with van der Waals surface area (Å²) < 4.78 is 5.51. The highest BCUT2D eigenvalue weighted by molar-refractivity contribution is 5.92. The number of hydrogen-bond acceptors (Lipinski definition) is 4. The molecule has 4 aliphatic carbocycles. The Morgan fingerprint density at radius 2 is 1.92 bits per heavy atom. The van der Waals surface area contributed by atoms with Crippen LogP contribution in [0.25, 0.3) is 0 Å². The monoisotopic (exact) mass is 345 g/mol. The fourth-order valence-electron chi connectivity index (χ4n) is 6.92. The first-order valence-corrected chi connectivity index (χ1v) is 9.96. The molecule has 4 heteroatoms. The fourth-order valence-corrected chi connectivity index (χ4v) is 6.92. The van der Waals surface area contributed by atoms with Gasteiger partial charge in [0, 0.05) is 18.8 Å². The first-order chi connectivity index (χ1) is 11.9. The van der Waals surface area contributed by atoms with Crippen LogP contribution < -0.4 is 0 Å². The topological polar surface area (TPSA) is 58.9 Å². The lowest BCUT2D eigenvalue weighted by Crippen LogP contribution is -2.50. The number of allylic oxidation sites excluding steroid dienone is 1. The van der Waals surface area contributed by atoms with Gasteiger partial charge in [0.25, 0.3) is 0 Å². The maximum absolute atomic E-state index is 11.3. The summed E-state index contributed by atoms with van der Waals surface area (Å²) in [6, 6.07) is 0. The number of nitrogens with zero attached hydrogens (tertiary/aromatic N) is 1. The molecule has 3 saturated carbocycles. The second-order valence-electron chi connectivity index (χ2n) is 9.28. The average Bonchev–Trinajstić information content (AvgIpc) is 2.91. The van der Waals surface area contributed by atoms with Gasteiger partial charge in [-0.3, -0.25) is 4.79 Å². The first-order valence-electron chi connectivity index (χ1n) is 9.96. The number of carbonyl (C=O) groups excluding carboxylic acids is 1. The van der Waals surface area contributed by atoms with E-state index >= 15 is 0 Å². The minimum absolute atomic E-state index is 0.0711. The smallest absolute Gasteiger partial charge is 0.302 e. The Morgan fingerprint density at radius 3 is 2.64 bits per heavy atom. The summed E-state index contributed by atoms with van der Waals surface area (Å²) in [5, 5.41) is 13.1. The Hall–Kier alpha value is -1.32. The van der Waals surface area contributed by atoms with Gasteiger partial charge in [-0.25, -0.2) is 0 Å². The summed E-state index contributed by atoms with van der Waals surface area (Å²) in [4.78, 5) is 11.3.